The molecule has 0 radical (unpaired) electrons. The van der Waals surface area contributed by atoms with Crippen LogP contribution in [0.5, 0.6) is 5.75 Å². The molecule has 1 aliphatic carbocycles. The SMILES string of the molecule is Cc1cc(OC(=O)c2oc3c(c2C)/C(=N/NS(=O)(=O)c2ccc(F)cc2)CCC3)ccc1Cl. The highest BCUT2D eigenvalue weighted by atomic mass is 35.5. The van der Waals surface area contributed by atoms with Gasteiger partial charge in [0, 0.05) is 22.6 Å². The first-order chi connectivity index (χ1) is 15.7. The Hall–Kier alpha value is -3.17. The Morgan fingerprint density at radius 3 is 2.58 bits per heavy atom. The predicted molar refractivity (Wildman–Crippen MR) is 121 cm³/mol. The van der Waals surface area contributed by atoms with Gasteiger partial charge in [0.15, 0.2) is 0 Å². The maximum Gasteiger partial charge on any atom is 0.379 e. The number of nitrogens with one attached hydrogen (secondary N) is 1. The summed E-state index contributed by atoms with van der Waals surface area (Å²) >= 11 is 6.01. The summed E-state index contributed by atoms with van der Waals surface area (Å²) in [6.45, 7) is 3.49. The Balaban J connectivity index is 1.60. The lowest BCUT2D eigenvalue weighted by Gasteiger charge is -2.14. The Bertz CT molecular complexity index is 1360. The van der Waals surface area contributed by atoms with Gasteiger partial charge in [0.25, 0.3) is 10.0 Å². The van der Waals surface area contributed by atoms with Crippen molar-refractivity contribution in [3.63, 3.8) is 0 Å². The van der Waals surface area contributed by atoms with E-state index in [2.05, 4.69) is 9.93 Å². The van der Waals surface area contributed by atoms with Crippen LogP contribution < -0.4 is 9.57 Å². The normalized spacial score (nSPS) is 14.7. The number of benzene rings is 2. The monoisotopic (exact) mass is 490 g/mol. The third-order valence-electron chi connectivity index (χ3n) is 5.28. The molecule has 0 bridgehead atoms. The van der Waals surface area contributed by atoms with Crippen LogP contribution in [0.25, 0.3) is 0 Å². The third-order valence-corrected chi connectivity index (χ3v) is 6.92. The van der Waals surface area contributed by atoms with Crippen LogP contribution in [0.3, 0.4) is 0 Å². The number of hydrazone groups is 1. The summed E-state index contributed by atoms with van der Waals surface area (Å²) in [6.07, 6.45) is 1.74. The number of fused-ring (bicyclic) bond motifs is 1. The van der Waals surface area contributed by atoms with Crippen molar-refractivity contribution in [2.24, 2.45) is 5.10 Å². The summed E-state index contributed by atoms with van der Waals surface area (Å²) in [7, 11) is -3.99. The highest BCUT2D eigenvalue weighted by molar-refractivity contribution is 7.89. The summed E-state index contributed by atoms with van der Waals surface area (Å²) in [6, 6.07) is 9.29. The van der Waals surface area contributed by atoms with Gasteiger partial charge in [0.2, 0.25) is 5.76 Å². The molecule has 1 heterocycles. The van der Waals surface area contributed by atoms with E-state index >= 15 is 0 Å². The minimum Gasteiger partial charge on any atom is -0.453 e. The molecule has 0 aliphatic heterocycles. The van der Waals surface area contributed by atoms with E-state index in [0.717, 1.165) is 29.8 Å². The largest absolute Gasteiger partial charge is 0.453 e. The van der Waals surface area contributed by atoms with Crippen molar-refractivity contribution in [3.05, 3.63) is 81.5 Å². The average molecular weight is 491 g/mol. The van der Waals surface area contributed by atoms with Crippen LogP contribution in [0.2, 0.25) is 5.02 Å². The molecule has 4 rings (SSSR count). The number of halogens is 2. The molecule has 33 heavy (non-hydrogen) atoms. The predicted octanol–water partition coefficient (Wildman–Crippen LogP) is 4.93. The van der Waals surface area contributed by atoms with Gasteiger partial charge in [-0.3, -0.25) is 0 Å². The molecule has 3 aromatic rings. The molecular weight excluding hydrogens is 471 g/mol. The summed E-state index contributed by atoms with van der Waals surface area (Å²) in [5, 5.41) is 4.65. The number of hydrogen-bond donors (Lipinski definition) is 1. The second-order valence-corrected chi connectivity index (χ2v) is 9.68. The van der Waals surface area contributed by atoms with Crippen LogP contribution >= 0.6 is 11.6 Å². The van der Waals surface area contributed by atoms with Gasteiger partial charge in [-0.15, -0.1) is 0 Å². The average Bonchev–Trinajstić information content (AvgIpc) is 3.12. The molecule has 10 heteroatoms. The molecular formula is C23H20ClFN2O5S. The fourth-order valence-electron chi connectivity index (χ4n) is 3.59. The molecule has 1 N–H and O–H groups in total. The Morgan fingerprint density at radius 2 is 1.88 bits per heavy atom. The zero-order valence-electron chi connectivity index (χ0n) is 17.8. The second-order valence-electron chi connectivity index (χ2n) is 7.62. The smallest absolute Gasteiger partial charge is 0.379 e. The quantitative estimate of drug-likeness (QED) is 0.311. The van der Waals surface area contributed by atoms with Crippen molar-refractivity contribution < 1.29 is 26.8 Å². The molecule has 0 spiro atoms. The summed E-state index contributed by atoms with van der Waals surface area (Å²) in [4.78, 5) is 14.8. The number of rotatable bonds is 5. The van der Waals surface area contributed by atoms with Gasteiger partial charge >= 0.3 is 5.97 Å². The van der Waals surface area contributed by atoms with E-state index in [9.17, 15) is 17.6 Å². The standard InChI is InChI=1S/C23H20ClFN2O5S/c1-13-12-16(8-11-18(13)24)31-23(28)22-14(2)21-19(4-3-5-20(21)32-22)26-27-33(29,30)17-9-6-15(25)7-10-17/h6-12,27H,3-5H2,1-2H3/b26-19+. The fraction of sp³-hybridized carbons (Fsp3) is 0.217. The van der Waals surface area contributed by atoms with Crippen LogP contribution in [-0.4, -0.2) is 20.1 Å². The fourth-order valence-corrected chi connectivity index (χ4v) is 4.54. The minimum atomic E-state index is -3.99. The van der Waals surface area contributed by atoms with Gasteiger partial charge in [-0.1, -0.05) is 11.6 Å². The molecule has 2 aromatic carbocycles. The molecule has 0 saturated heterocycles. The molecule has 0 amide bonds. The van der Waals surface area contributed by atoms with E-state index in [-0.39, 0.29) is 10.7 Å². The van der Waals surface area contributed by atoms with Crippen molar-refractivity contribution in [2.45, 2.75) is 38.0 Å². The number of ether oxygens (including phenoxy) is 1. The summed E-state index contributed by atoms with van der Waals surface area (Å²) in [5.41, 5.74) is 2.31. The maximum absolute atomic E-state index is 13.1. The molecule has 7 nitrogen and oxygen atoms in total. The number of carbonyl (C=O) groups is 1. The van der Waals surface area contributed by atoms with Crippen molar-refractivity contribution in [1.82, 2.24) is 4.83 Å². The van der Waals surface area contributed by atoms with E-state index in [1.165, 1.54) is 0 Å². The lowest BCUT2D eigenvalue weighted by atomic mass is 9.93. The van der Waals surface area contributed by atoms with Gasteiger partial charge in [-0.2, -0.15) is 18.4 Å². The van der Waals surface area contributed by atoms with Gasteiger partial charge in [-0.05, 0) is 74.7 Å². The van der Waals surface area contributed by atoms with Crippen LogP contribution in [0.1, 0.15) is 45.8 Å². The maximum atomic E-state index is 13.1. The van der Waals surface area contributed by atoms with Crippen LogP contribution in [0.15, 0.2) is 56.9 Å². The zero-order valence-corrected chi connectivity index (χ0v) is 19.4. The first-order valence-corrected chi connectivity index (χ1v) is 12.0. The molecule has 0 saturated carbocycles. The van der Waals surface area contributed by atoms with E-state index < -0.39 is 21.8 Å². The van der Waals surface area contributed by atoms with Gasteiger partial charge in [0.05, 0.1) is 10.6 Å². The van der Waals surface area contributed by atoms with Gasteiger partial charge in [-0.25, -0.2) is 9.18 Å². The van der Waals surface area contributed by atoms with Crippen molar-refractivity contribution in [2.75, 3.05) is 0 Å². The molecule has 0 atom stereocenters. The number of hydrogen-bond acceptors (Lipinski definition) is 6. The topological polar surface area (TPSA) is 98.0 Å². The second kappa shape index (κ2) is 8.99. The number of esters is 1. The zero-order chi connectivity index (χ0) is 23.8. The number of furan rings is 1. The van der Waals surface area contributed by atoms with Crippen molar-refractivity contribution in [1.29, 1.82) is 0 Å². The number of sulfonamides is 1. The molecule has 1 aliphatic rings. The lowest BCUT2D eigenvalue weighted by molar-refractivity contribution is 0.0698. The van der Waals surface area contributed by atoms with E-state index in [1.54, 1.807) is 32.0 Å². The van der Waals surface area contributed by atoms with E-state index in [1.807, 2.05) is 0 Å². The van der Waals surface area contributed by atoms with Crippen LogP contribution in [-0.2, 0) is 16.4 Å². The Kier molecular flexibility index (Phi) is 6.27. The number of nitrogens with zero attached hydrogens (tertiary/aromatic N) is 1. The molecule has 172 valence electrons. The van der Waals surface area contributed by atoms with Crippen molar-refractivity contribution >= 4 is 33.3 Å². The molecule has 1 aromatic heterocycles. The van der Waals surface area contributed by atoms with Gasteiger partial charge in [0.1, 0.15) is 17.3 Å². The molecule has 0 fully saturated rings. The van der Waals surface area contributed by atoms with Crippen LogP contribution in [0.4, 0.5) is 4.39 Å². The van der Waals surface area contributed by atoms with Crippen molar-refractivity contribution in [3.8, 4) is 5.75 Å². The van der Waals surface area contributed by atoms with Crippen LogP contribution in [0, 0.1) is 19.7 Å². The third kappa shape index (κ3) is 4.79. The minimum absolute atomic E-state index is 0.0311. The highest BCUT2D eigenvalue weighted by Crippen LogP contribution is 2.31. The Morgan fingerprint density at radius 1 is 1.15 bits per heavy atom. The first kappa shape index (κ1) is 23.0. The number of carbonyl (C=O) groups excluding carboxylic acids is 1. The summed E-state index contributed by atoms with van der Waals surface area (Å²) in [5.74, 6) is -0.313. The highest BCUT2D eigenvalue weighted by Gasteiger charge is 2.29. The van der Waals surface area contributed by atoms with Gasteiger partial charge < -0.3 is 9.15 Å². The number of aryl methyl sites for hydroxylation is 2. The lowest BCUT2D eigenvalue weighted by Crippen LogP contribution is -2.22. The van der Waals surface area contributed by atoms with E-state index in [4.69, 9.17) is 20.8 Å². The first-order valence-electron chi connectivity index (χ1n) is 10.1. The van der Waals surface area contributed by atoms with E-state index in [0.29, 0.717) is 52.6 Å². The summed E-state index contributed by atoms with van der Waals surface area (Å²) < 4.78 is 49.3. The molecule has 0 unspecified atom stereocenters. The Labute approximate surface area is 195 Å².